The molecule has 0 atom stereocenters. The highest BCUT2D eigenvalue weighted by Gasteiger charge is 2.28. The molecule has 4 N–H and O–H groups in total. The van der Waals surface area contributed by atoms with Crippen molar-refractivity contribution in [3.05, 3.63) is 62.9 Å². The molecule has 10 heteroatoms. The smallest absolute Gasteiger partial charge is 0.330 e. The maximum atomic E-state index is 13.1. The topological polar surface area (TPSA) is 131 Å². The number of para-hydroxylation sites is 1. The SMILES string of the molecule is CCCCn1c(N)c(N(CC)CC(=O)Nc2cc(C3CC3)nn2-c2ccccc2)c(=O)[nH]c1=O. The fraction of sp³-hybridized carbons (Fsp3) is 0.417. The second-order valence-corrected chi connectivity index (χ2v) is 8.54. The van der Waals surface area contributed by atoms with Crippen LogP contribution in [0.5, 0.6) is 0 Å². The van der Waals surface area contributed by atoms with E-state index in [0.717, 1.165) is 37.1 Å². The summed E-state index contributed by atoms with van der Waals surface area (Å²) in [5, 5.41) is 7.65. The predicted octanol–water partition coefficient (Wildman–Crippen LogP) is 2.45. The van der Waals surface area contributed by atoms with E-state index in [2.05, 4.69) is 10.3 Å². The first-order valence-corrected chi connectivity index (χ1v) is 11.8. The highest BCUT2D eigenvalue weighted by molar-refractivity contribution is 5.94. The van der Waals surface area contributed by atoms with E-state index < -0.39 is 11.2 Å². The molecule has 1 saturated carbocycles. The van der Waals surface area contributed by atoms with Crippen LogP contribution in [-0.4, -0.2) is 38.3 Å². The van der Waals surface area contributed by atoms with Gasteiger partial charge in [-0.2, -0.15) is 5.10 Å². The minimum atomic E-state index is -0.602. The number of nitrogens with zero attached hydrogens (tertiary/aromatic N) is 4. The van der Waals surface area contributed by atoms with Crippen LogP contribution in [0.4, 0.5) is 17.3 Å². The Morgan fingerprint density at radius 1 is 1.24 bits per heavy atom. The van der Waals surface area contributed by atoms with Gasteiger partial charge >= 0.3 is 5.69 Å². The molecule has 2 heterocycles. The number of carbonyl (C=O) groups excluding carboxylic acids is 1. The Labute approximate surface area is 197 Å². The summed E-state index contributed by atoms with van der Waals surface area (Å²) < 4.78 is 3.08. The van der Waals surface area contributed by atoms with Crippen molar-refractivity contribution in [2.24, 2.45) is 0 Å². The molecule has 1 aliphatic carbocycles. The Bertz CT molecular complexity index is 1270. The normalized spacial score (nSPS) is 13.1. The van der Waals surface area contributed by atoms with Crippen LogP contribution in [0.15, 0.2) is 46.0 Å². The number of benzene rings is 1. The monoisotopic (exact) mass is 465 g/mol. The quantitative estimate of drug-likeness (QED) is 0.421. The lowest BCUT2D eigenvalue weighted by atomic mass is 10.3. The van der Waals surface area contributed by atoms with Gasteiger partial charge in [0.05, 0.1) is 17.9 Å². The summed E-state index contributed by atoms with van der Waals surface area (Å²) in [5.41, 5.74) is 7.02. The third-order valence-corrected chi connectivity index (χ3v) is 5.97. The molecule has 1 aliphatic rings. The summed E-state index contributed by atoms with van der Waals surface area (Å²) in [6.07, 6.45) is 3.81. The Balaban J connectivity index is 1.59. The summed E-state index contributed by atoms with van der Waals surface area (Å²) in [7, 11) is 0. The molecular formula is C24H31N7O3. The van der Waals surface area contributed by atoms with Crippen molar-refractivity contribution in [1.82, 2.24) is 19.3 Å². The molecule has 3 aromatic rings. The van der Waals surface area contributed by atoms with Crippen molar-refractivity contribution >= 4 is 23.2 Å². The van der Waals surface area contributed by atoms with Gasteiger partial charge < -0.3 is 16.0 Å². The van der Waals surface area contributed by atoms with E-state index in [1.54, 1.807) is 9.58 Å². The maximum Gasteiger partial charge on any atom is 0.330 e. The van der Waals surface area contributed by atoms with Gasteiger partial charge in [0.1, 0.15) is 17.3 Å². The first-order chi connectivity index (χ1) is 16.4. The molecule has 0 aliphatic heterocycles. The molecule has 180 valence electrons. The molecule has 0 spiro atoms. The average Bonchev–Trinajstić information content (AvgIpc) is 3.59. The van der Waals surface area contributed by atoms with E-state index in [-0.39, 0.29) is 24.0 Å². The number of nitrogens with one attached hydrogen (secondary N) is 2. The molecule has 2 aromatic heterocycles. The number of amides is 1. The number of hydrogen-bond acceptors (Lipinski definition) is 6. The summed E-state index contributed by atoms with van der Waals surface area (Å²) >= 11 is 0. The van der Waals surface area contributed by atoms with Gasteiger partial charge in [0.15, 0.2) is 0 Å². The molecule has 0 saturated heterocycles. The van der Waals surface area contributed by atoms with Gasteiger partial charge in [-0.15, -0.1) is 0 Å². The third-order valence-electron chi connectivity index (χ3n) is 5.97. The van der Waals surface area contributed by atoms with Crippen LogP contribution in [-0.2, 0) is 11.3 Å². The zero-order valence-electron chi connectivity index (χ0n) is 19.6. The van der Waals surface area contributed by atoms with Crippen molar-refractivity contribution in [1.29, 1.82) is 0 Å². The van der Waals surface area contributed by atoms with Gasteiger partial charge in [0, 0.05) is 25.1 Å². The van der Waals surface area contributed by atoms with Crippen molar-refractivity contribution in [2.45, 2.75) is 52.0 Å². The van der Waals surface area contributed by atoms with Crippen LogP contribution in [0.25, 0.3) is 5.69 Å². The number of aromatic amines is 1. The summed E-state index contributed by atoms with van der Waals surface area (Å²) in [6.45, 7) is 4.49. The Morgan fingerprint density at radius 3 is 2.62 bits per heavy atom. The maximum absolute atomic E-state index is 13.1. The zero-order chi connectivity index (χ0) is 24.2. The van der Waals surface area contributed by atoms with Crippen molar-refractivity contribution in [2.75, 3.05) is 29.0 Å². The highest BCUT2D eigenvalue weighted by Crippen LogP contribution is 2.40. The fourth-order valence-electron chi connectivity index (χ4n) is 3.96. The largest absolute Gasteiger partial charge is 0.383 e. The van der Waals surface area contributed by atoms with E-state index in [0.29, 0.717) is 24.8 Å². The molecule has 10 nitrogen and oxygen atoms in total. The number of nitrogen functional groups attached to an aromatic ring is 1. The lowest BCUT2D eigenvalue weighted by molar-refractivity contribution is -0.115. The van der Waals surface area contributed by atoms with E-state index in [1.807, 2.05) is 50.2 Å². The lowest BCUT2D eigenvalue weighted by Gasteiger charge is -2.24. The van der Waals surface area contributed by atoms with Gasteiger partial charge in [-0.1, -0.05) is 31.5 Å². The number of rotatable bonds is 10. The van der Waals surface area contributed by atoms with Crippen LogP contribution in [0.1, 0.15) is 51.1 Å². The van der Waals surface area contributed by atoms with Crippen LogP contribution < -0.4 is 27.2 Å². The van der Waals surface area contributed by atoms with Crippen LogP contribution in [0.3, 0.4) is 0 Å². The Morgan fingerprint density at radius 2 is 1.97 bits per heavy atom. The van der Waals surface area contributed by atoms with E-state index in [4.69, 9.17) is 10.8 Å². The van der Waals surface area contributed by atoms with Gasteiger partial charge in [-0.05, 0) is 38.3 Å². The van der Waals surface area contributed by atoms with Crippen molar-refractivity contribution in [3.8, 4) is 5.69 Å². The van der Waals surface area contributed by atoms with Gasteiger partial charge in [-0.25, -0.2) is 9.48 Å². The predicted molar refractivity (Wildman–Crippen MR) is 133 cm³/mol. The zero-order valence-corrected chi connectivity index (χ0v) is 19.6. The second-order valence-electron chi connectivity index (χ2n) is 8.54. The number of hydrogen-bond donors (Lipinski definition) is 3. The van der Waals surface area contributed by atoms with Gasteiger partial charge in [-0.3, -0.25) is 19.1 Å². The third kappa shape index (κ3) is 4.90. The molecule has 0 unspecified atom stereocenters. The fourth-order valence-corrected chi connectivity index (χ4v) is 3.96. The van der Waals surface area contributed by atoms with E-state index in [1.165, 1.54) is 4.57 Å². The molecule has 1 fully saturated rings. The van der Waals surface area contributed by atoms with Crippen molar-refractivity contribution < 1.29 is 4.79 Å². The number of nitrogens with two attached hydrogens (primary N) is 1. The molecule has 0 bridgehead atoms. The standard InChI is InChI=1S/C24H31N7O3/c1-3-5-13-30-22(25)21(23(33)27-24(30)34)29(4-2)15-20(32)26-19-14-18(16-11-12-16)28-31(19)17-9-7-6-8-10-17/h6-10,14,16H,3-5,11-13,15,25H2,1-2H3,(H,26,32)(H,27,33,34). The van der Waals surface area contributed by atoms with E-state index >= 15 is 0 Å². The molecule has 1 amide bonds. The minimum absolute atomic E-state index is 0.0715. The number of aromatic nitrogens is 4. The van der Waals surface area contributed by atoms with Crippen LogP contribution in [0.2, 0.25) is 0 Å². The molecule has 0 radical (unpaired) electrons. The molecule has 1 aromatic carbocycles. The van der Waals surface area contributed by atoms with Gasteiger partial charge in [0.25, 0.3) is 5.56 Å². The number of anilines is 3. The van der Waals surface area contributed by atoms with Crippen LogP contribution in [0, 0.1) is 0 Å². The minimum Gasteiger partial charge on any atom is -0.383 e. The first-order valence-electron chi connectivity index (χ1n) is 11.8. The van der Waals surface area contributed by atoms with Crippen molar-refractivity contribution in [3.63, 3.8) is 0 Å². The number of unbranched alkanes of at least 4 members (excludes halogenated alkanes) is 1. The second kappa shape index (κ2) is 9.98. The van der Waals surface area contributed by atoms with Crippen LogP contribution >= 0.6 is 0 Å². The average molecular weight is 466 g/mol. The summed E-state index contributed by atoms with van der Waals surface area (Å²) in [5.74, 6) is 0.757. The summed E-state index contributed by atoms with van der Waals surface area (Å²) in [4.78, 5) is 41.8. The number of H-pyrrole nitrogens is 1. The lowest BCUT2D eigenvalue weighted by Crippen LogP contribution is -2.41. The number of carbonyl (C=O) groups is 1. The Hall–Kier alpha value is -3.82. The molecule has 34 heavy (non-hydrogen) atoms. The summed E-state index contributed by atoms with van der Waals surface area (Å²) in [6, 6.07) is 11.5. The van der Waals surface area contributed by atoms with E-state index in [9.17, 15) is 14.4 Å². The Kier molecular flexibility index (Phi) is 6.85. The number of likely N-dealkylation sites (N-methyl/N-ethyl adjacent to an activating group) is 1. The first kappa shape index (κ1) is 23.3. The van der Waals surface area contributed by atoms with Gasteiger partial charge in [0.2, 0.25) is 5.91 Å². The molecule has 4 rings (SSSR count). The highest BCUT2D eigenvalue weighted by atomic mass is 16.2. The molecular weight excluding hydrogens is 434 g/mol.